The average Bonchev–Trinajstić information content (AvgIpc) is 3.26. The monoisotopic (exact) mass is 346 g/mol. The lowest BCUT2D eigenvalue weighted by Gasteiger charge is -2.23. The molecule has 25 heavy (non-hydrogen) atoms. The van der Waals surface area contributed by atoms with Crippen LogP contribution in [-0.4, -0.2) is 17.7 Å². The first kappa shape index (κ1) is 15.8. The minimum Gasteiger partial charge on any atom is -0.469 e. The van der Waals surface area contributed by atoms with Crippen LogP contribution in [0.15, 0.2) is 40.1 Å². The quantitative estimate of drug-likeness (QED) is 0.928. The molecule has 1 N–H and O–H groups in total. The van der Waals surface area contributed by atoms with Gasteiger partial charge < -0.3 is 14.6 Å². The summed E-state index contributed by atoms with van der Waals surface area (Å²) in [5, 5.41) is 6.70. The van der Waals surface area contributed by atoms with Crippen molar-refractivity contribution in [3.63, 3.8) is 0 Å². The number of rotatable bonds is 3. The highest BCUT2D eigenvalue weighted by atomic mass is 19.1. The van der Waals surface area contributed by atoms with Gasteiger partial charge in [0.05, 0.1) is 18.0 Å². The van der Waals surface area contributed by atoms with Crippen LogP contribution in [0.1, 0.15) is 42.2 Å². The lowest BCUT2D eigenvalue weighted by atomic mass is 9.93. The van der Waals surface area contributed by atoms with Gasteiger partial charge >= 0.3 is 0 Å². The largest absolute Gasteiger partial charge is 0.469 e. The Hall–Kier alpha value is -2.70. The molecule has 0 bridgehead atoms. The number of fused-ring (bicyclic) bond motifs is 1. The molecule has 7 heteroatoms. The number of aryl methyl sites for hydroxylation is 1. The topological polar surface area (TPSA) is 63.8 Å². The van der Waals surface area contributed by atoms with Gasteiger partial charge in [-0.15, -0.1) is 0 Å². The Morgan fingerprint density at radius 2 is 2.16 bits per heavy atom. The summed E-state index contributed by atoms with van der Waals surface area (Å²) < 4.78 is 32.6. The van der Waals surface area contributed by atoms with E-state index in [2.05, 4.69) is 10.5 Å². The third kappa shape index (κ3) is 3.01. The molecule has 2 aromatic rings. The molecule has 0 radical (unpaired) electrons. The van der Waals surface area contributed by atoms with E-state index in [0.717, 1.165) is 48.8 Å². The summed E-state index contributed by atoms with van der Waals surface area (Å²) in [6.45, 7) is 0. The van der Waals surface area contributed by atoms with E-state index in [-0.39, 0.29) is 29.6 Å². The van der Waals surface area contributed by atoms with Crippen LogP contribution in [0, 0.1) is 11.6 Å². The van der Waals surface area contributed by atoms with Gasteiger partial charge in [-0.2, -0.15) is 0 Å². The number of oxime groups is 1. The fraction of sp³-hybridized carbons (Fsp3) is 0.333. The lowest BCUT2D eigenvalue weighted by molar-refractivity contribution is -0.132. The highest BCUT2D eigenvalue weighted by Crippen LogP contribution is 2.31. The van der Waals surface area contributed by atoms with Gasteiger partial charge in [-0.3, -0.25) is 4.79 Å². The molecule has 1 aromatic carbocycles. The van der Waals surface area contributed by atoms with Crippen LogP contribution in [0.4, 0.5) is 8.78 Å². The summed E-state index contributed by atoms with van der Waals surface area (Å²) in [6, 6.07) is 4.84. The molecule has 130 valence electrons. The molecule has 0 saturated heterocycles. The zero-order chi connectivity index (χ0) is 17.4. The predicted octanol–water partition coefficient (Wildman–Crippen LogP) is 3.24. The van der Waals surface area contributed by atoms with Gasteiger partial charge in [-0.05, 0) is 37.1 Å². The minimum absolute atomic E-state index is 0.0186. The molecule has 1 aliphatic heterocycles. The molecule has 0 spiro atoms. The number of hydrogen-bond acceptors (Lipinski definition) is 4. The Bertz CT molecular complexity index is 847. The van der Waals surface area contributed by atoms with Crippen molar-refractivity contribution in [2.45, 2.75) is 37.8 Å². The van der Waals surface area contributed by atoms with Crippen LogP contribution in [-0.2, 0) is 16.1 Å². The van der Waals surface area contributed by atoms with Gasteiger partial charge in [0.1, 0.15) is 17.4 Å². The van der Waals surface area contributed by atoms with E-state index in [4.69, 9.17) is 9.25 Å². The molecule has 2 heterocycles. The number of hydrogen-bond donors (Lipinski definition) is 1. The Morgan fingerprint density at radius 3 is 3.04 bits per heavy atom. The van der Waals surface area contributed by atoms with E-state index >= 15 is 0 Å². The van der Waals surface area contributed by atoms with Crippen molar-refractivity contribution >= 4 is 11.6 Å². The SMILES string of the molecule is O=C(NC1CCCc2occc21)C1CC(c2cc(F)ccc2F)=NO1. The first-order valence-corrected chi connectivity index (χ1v) is 8.16. The summed E-state index contributed by atoms with van der Waals surface area (Å²) in [6.07, 6.45) is 3.47. The number of benzene rings is 1. The first-order chi connectivity index (χ1) is 12.1. The maximum Gasteiger partial charge on any atom is 0.264 e. The van der Waals surface area contributed by atoms with Gasteiger partial charge in [-0.25, -0.2) is 8.78 Å². The Kier molecular flexibility index (Phi) is 3.99. The van der Waals surface area contributed by atoms with Crippen molar-refractivity contribution in [1.82, 2.24) is 5.32 Å². The van der Waals surface area contributed by atoms with Crippen molar-refractivity contribution in [3.8, 4) is 0 Å². The Balaban J connectivity index is 1.43. The van der Waals surface area contributed by atoms with Crippen LogP contribution >= 0.6 is 0 Å². The normalized spacial score (nSPS) is 22.1. The molecule has 1 aromatic heterocycles. The lowest BCUT2D eigenvalue weighted by Crippen LogP contribution is -2.38. The molecule has 5 nitrogen and oxygen atoms in total. The van der Waals surface area contributed by atoms with Crippen LogP contribution in [0.5, 0.6) is 0 Å². The second-order valence-corrected chi connectivity index (χ2v) is 6.21. The van der Waals surface area contributed by atoms with E-state index in [1.165, 1.54) is 0 Å². The number of carbonyl (C=O) groups is 1. The van der Waals surface area contributed by atoms with Crippen molar-refractivity contribution in [1.29, 1.82) is 0 Å². The summed E-state index contributed by atoms with van der Waals surface area (Å²) in [5.74, 6) is -0.598. The van der Waals surface area contributed by atoms with Gasteiger partial charge in [0.2, 0.25) is 6.10 Å². The molecule has 0 fully saturated rings. The number of amides is 1. The summed E-state index contributed by atoms with van der Waals surface area (Å²) in [4.78, 5) is 17.6. The summed E-state index contributed by atoms with van der Waals surface area (Å²) in [5.41, 5.74) is 1.23. The molecule has 0 saturated carbocycles. The second kappa shape index (κ2) is 6.31. The maximum absolute atomic E-state index is 13.8. The highest BCUT2D eigenvalue weighted by Gasteiger charge is 2.33. The second-order valence-electron chi connectivity index (χ2n) is 6.21. The number of carbonyl (C=O) groups excluding carboxylic acids is 1. The molecule has 1 aliphatic carbocycles. The van der Waals surface area contributed by atoms with E-state index in [1.54, 1.807) is 6.26 Å². The van der Waals surface area contributed by atoms with Crippen LogP contribution < -0.4 is 5.32 Å². The molecule has 2 unspecified atom stereocenters. The van der Waals surface area contributed by atoms with Gasteiger partial charge in [0.15, 0.2) is 0 Å². The predicted molar refractivity (Wildman–Crippen MR) is 84.9 cm³/mol. The van der Waals surface area contributed by atoms with Gasteiger partial charge in [0, 0.05) is 24.0 Å². The van der Waals surface area contributed by atoms with Gasteiger partial charge in [0.25, 0.3) is 5.91 Å². The van der Waals surface area contributed by atoms with Crippen molar-refractivity contribution in [3.05, 3.63) is 59.1 Å². The Morgan fingerprint density at radius 1 is 1.28 bits per heavy atom. The smallest absolute Gasteiger partial charge is 0.264 e. The minimum atomic E-state index is -0.852. The summed E-state index contributed by atoms with van der Waals surface area (Å²) >= 11 is 0. The standard InChI is InChI=1S/C18H16F2N2O3/c19-10-4-5-13(20)12(8-10)15-9-17(25-22-15)18(23)21-14-2-1-3-16-11(14)6-7-24-16/h4-8,14,17H,1-3,9H2,(H,21,23). The third-order valence-corrected chi connectivity index (χ3v) is 4.57. The highest BCUT2D eigenvalue weighted by molar-refractivity contribution is 6.04. The zero-order valence-corrected chi connectivity index (χ0v) is 13.3. The first-order valence-electron chi connectivity index (χ1n) is 8.16. The number of halogens is 2. The van der Waals surface area contributed by atoms with Crippen LogP contribution in [0.2, 0.25) is 0 Å². The average molecular weight is 346 g/mol. The fourth-order valence-electron chi connectivity index (χ4n) is 3.30. The van der Waals surface area contributed by atoms with E-state index < -0.39 is 17.7 Å². The van der Waals surface area contributed by atoms with Crippen LogP contribution in [0.3, 0.4) is 0 Å². The van der Waals surface area contributed by atoms with E-state index in [0.29, 0.717) is 0 Å². The number of nitrogens with one attached hydrogen (secondary N) is 1. The van der Waals surface area contributed by atoms with E-state index in [9.17, 15) is 13.6 Å². The third-order valence-electron chi connectivity index (χ3n) is 4.57. The molecular formula is C18H16F2N2O3. The van der Waals surface area contributed by atoms with Crippen LogP contribution in [0.25, 0.3) is 0 Å². The van der Waals surface area contributed by atoms with Crippen molar-refractivity contribution in [2.24, 2.45) is 5.16 Å². The molecular weight excluding hydrogens is 330 g/mol. The Labute approximate surface area is 142 Å². The summed E-state index contributed by atoms with van der Waals surface area (Å²) in [7, 11) is 0. The fourth-order valence-corrected chi connectivity index (χ4v) is 3.30. The maximum atomic E-state index is 13.8. The number of nitrogens with zero attached hydrogens (tertiary/aromatic N) is 1. The van der Waals surface area contributed by atoms with Crippen molar-refractivity contribution in [2.75, 3.05) is 0 Å². The molecule has 2 atom stereocenters. The molecule has 2 aliphatic rings. The number of furan rings is 1. The van der Waals surface area contributed by atoms with Crippen molar-refractivity contribution < 1.29 is 22.8 Å². The van der Waals surface area contributed by atoms with Gasteiger partial charge in [-0.1, -0.05) is 5.16 Å². The molecule has 4 rings (SSSR count). The van der Waals surface area contributed by atoms with E-state index in [1.807, 2.05) is 6.07 Å². The zero-order valence-electron chi connectivity index (χ0n) is 13.3. The molecule has 1 amide bonds.